The molecule has 15 heavy (non-hydrogen) atoms. The van der Waals surface area contributed by atoms with Crippen molar-refractivity contribution in [3.05, 3.63) is 28.2 Å². The van der Waals surface area contributed by atoms with Crippen LogP contribution in [0.2, 0.25) is 0 Å². The molecule has 0 saturated carbocycles. The quantitative estimate of drug-likeness (QED) is 0.781. The lowest BCUT2D eigenvalue weighted by molar-refractivity contribution is 0.425. The summed E-state index contributed by atoms with van der Waals surface area (Å²) in [5.41, 5.74) is 8.91. The number of nitrogens with two attached hydrogens (primary N) is 1. The highest BCUT2D eigenvalue weighted by Gasteiger charge is 2.34. The highest BCUT2D eigenvalue weighted by Crippen LogP contribution is 2.41. The van der Waals surface area contributed by atoms with Crippen molar-refractivity contribution in [1.29, 1.82) is 0 Å². The van der Waals surface area contributed by atoms with Crippen molar-refractivity contribution in [3.8, 4) is 0 Å². The average Bonchev–Trinajstić information content (AvgIpc) is 2.56. The molecule has 2 atom stereocenters. The topological polar surface area (TPSA) is 29.3 Å². The molecule has 1 saturated heterocycles. The number of anilines is 1. The van der Waals surface area contributed by atoms with Crippen molar-refractivity contribution in [3.63, 3.8) is 0 Å². The van der Waals surface area contributed by atoms with Gasteiger partial charge in [-0.3, -0.25) is 0 Å². The summed E-state index contributed by atoms with van der Waals surface area (Å²) in [5.74, 6) is 0. The number of rotatable bonds is 0. The minimum absolute atomic E-state index is 0.402. The molecule has 1 aromatic rings. The number of hydrogen-bond acceptors (Lipinski definition) is 2. The first-order valence-corrected chi connectivity index (χ1v) is 6.34. The van der Waals surface area contributed by atoms with E-state index in [2.05, 4.69) is 39.0 Å². The van der Waals surface area contributed by atoms with Gasteiger partial charge >= 0.3 is 0 Å². The fraction of sp³-hybridized carbons (Fsp3) is 0.500. The normalized spacial score (nSPS) is 28.8. The Morgan fingerprint density at radius 2 is 2.27 bits per heavy atom. The summed E-state index contributed by atoms with van der Waals surface area (Å²) in [6.07, 6.45) is 3.43. The monoisotopic (exact) mass is 266 g/mol. The zero-order valence-corrected chi connectivity index (χ0v) is 10.2. The van der Waals surface area contributed by atoms with E-state index in [-0.39, 0.29) is 0 Å². The van der Waals surface area contributed by atoms with Crippen LogP contribution in [0.15, 0.2) is 22.7 Å². The minimum Gasteiger partial charge on any atom is -0.367 e. The molecule has 2 nitrogen and oxygen atoms in total. The van der Waals surface area contributed by atoms with E-state index in [4.69, 9.17) is 5.73 Å². The zero-order chi connectivity index (χ0) is 10.4. The van der Waals surface area contributed by atoms with E-state index in [0.29, 0.717) is 12.1 Å². The van der Waals surface area contributed by atoms with Gasteiger partial charge in [-0.2, -0.15) is 0 Å². The number of nitrogens with zero attached hydrogens (tertiary/aromatic N) is 1. The smallest absolute Gasteiger partial charge is 0.0546 e. The maximum Gasteiger partial charge on any atom is 0.0546 e. The SMILES string of the molecule is NC1CCN2c3c(Br)cccc3CC2C1. The first kappa shape index (κ1) is 9.67. The van der Waals surface area contributed by atoms with Crippen molar-refractivity contribution >= 4 is 21.6 Å². The second-order valence-electron chi connectivity index (χ2n) is 4.58. The van der Waals surface area contributed by atoms with Crippen LogP contribution in [0.1, 0.15) is 18.4 Å². The fourth-order valence-corrected chi connectivity index (χ4v) is 3.51. The lowest BCUT2D eigenvalue weighted by atomic mass is 9.97. The summed E-state index contributed by atoms with van der Waals surface area (Å²) in [4.78, 5) is 2.53. The van der Waals surface area contributed by atoms with Gasteiger partial charge in [0, 0.05) is 23.1 Å². The molecule has 0 amide bonds. The Morgan fingerprint density at radius 3 is 3.13 bits per heavy atom. The molecule has 2 aliphatic heterocycles. The molecule has 0 radical (unpaired) electrons. The lowest BCUT2D eigenvalue weighted by Gasteiger charge is -2.35. The van der Waals surface area contributed by atoms with Gasteiger partial charge in [0.05, 0.1) is 5.69 Å². The summed E-state index contributed by atoms with van der Waals surface area (Å²) in [6, 6.07) is 7.54. The van der Waals surface area contributed by atoms with E-state index >= 15 is 0 Å². The van der Waals surface area contributed by atoms with Crippen LogP contribution in [0.25, 0.3) is 0 Å². The predicted octanol–water partition coefficient (Wildman–Crippen LogP) is 2.30. The molecule has 80 valence electrons. The van der Waals surface area contributed by atoms with E-state index in [9.17, 15) is 0 Å². The summed E-state index contributed by atoms with van der Waals surface area (Å²) in [5, 5.41) is 0. The Morgan fingerprint density at radius 1 is 1.40 bits per heavy atom. The third-order valence-corrected chi connectivity index (χ3v) is 4.21. The molecule has 3 heteroatoms. The Hall–Kier alpha value is -0.540. The standard InChI is InChI=1S/C12H15BrN2/c13-11-3-1-2-8-6-10-7-9(14)4-5-15(10)12(8)11/h1-3,9-10H,4-7,14H2. The van der Waals surface area contributed by atoms with E-state index in [0.717, 1.165) is 19.4 Å². The van der Waals surface area contributed by atoms with Crippen molar-refractivity contribution < 1.29 is 0 Å². The Balaban J connectivity index is 2.00. The molecule has 0 aliphatic carbocycles. The maximum absolute atomic E-state index is 6.03. The van der Waals surface area contributed by atoms with Crippen LogP contribution >= 0.6 is 15.9 Å². The molecule has 3 rings (SSSR count). The highest BCUT2D eigenvalue weighted by molar-refractivity contribution is 9.10. The van der Waals surface area contributed by atoms with Crippen molar-refractivity contribution in [2.75, 3.05) is 11.4 Å². The second kappa shape index (κ2) is 3.49. The first-order chi connectivity index (χ1) is 7.25. The highest BCUT2D eigenvalue weighted by atomic mass is 79.9. The Labute approximate surface area is 98.6 Å². The van der Waals surface area contributed by atoms with Crippen molar-refractivity contribution in [1.82, 2.24) is 0 Å². The van der Waals surface area contributed by atoms with Crippen LogP contribution in [0, 0.1) is 0 Å². The minimum atomic E-state index is 0.402. The zero-order valence-electron chi connectivity index (χ0n) is 8.62. The molecule has 2 heterocycles. The summed E-state index contributed by atoms with van der Waals surface area (Å²) in [6.45, 7) is 1.11. The number of hydrogen-bond donors (Lipinski definition) is 1. The second-order valence-corrected chi connectivity index (χ2v) is 5.44. The third-order valence-electron chi connectivity index (χ3n) is 3.57. The molecule has 1 aromatic carbocycles. The van der Waals surface area contributed by atoms with Gasteiger partial charge in [-0.05, 0) is 46.8 Å². The van der Waals surface area contributed by atoms with Crippen LogP contribution in [0.5, 0.6) is 0 Å². The first-order valence-electron chi connectivity index (χ1n) is 5.55. The molecule has 2 N–H and O–H groups in total. The summed E-state index contributed by atoms with van der Waals surface area (Å²) < 4.78 is 1.23. The molecule has 2 aliphatic rings. The number of halogens is 1. The molecule has 2 unspecified atom stereocenters. The molecule has 0 aromatic heterocycles. The average molecular weight is 267 g/mol. The summed E-state index contributed by atoms with van der Waals surface area (Å²) >= 11 is 3.65. The van der Waals surface area contributed by atoms with Gasteiger partial charge in [0.25, 0.3) is 0 Å². The van der Waals surface area contributed by atoms with Crippen LogP contribution in [0.3, 0.4) is 0 Å². The molecule has 0 bridgehead atoms. The Kier molecular flexibility index (Phi) is 2.25. The van der Waals surface area contributed by atoms with Gasteiger partial charge in [0.15, 0.2) is 0 Å². The van der Waals surface area contributed by atoms with Crippen LogP contribution < -0.4 is 10.6 Å². The molecule has 0 spiro atoms. The van der Waals surface area contributed by atoms with E-state index in [1.807, 2.05) is 0 Å². The van der Waals surface area contributed by atoms with Gasteiger partial charge in [-0.25, -0.2) is 0 Å². The number of para-hydroxylation sites is 1. The molecular weight excluding hydrogens is 252 g/mol. The van der Waals surface area contributed by atoms with E-state index in [1.54, 1.807) is 0 Å². The summed E-state index contributed by atoms with van der Waals surface area (Å²) in [7, 11) is 0. The van der Waals surface area contributed by atoms with Crippen molar-refractivity contribution in [2.45, 2.75) is 31.3 Å². The predicted molar refractivity (Wildman–Crippen MR) is 66.2 cm³/mol. The van der Waals surface area contributed by atoms with Crippen LogP contribution in [-0.4, -0.2) is 18.6 Å². The lowest BCUT2D eigenvalue weighted by Crippen LogP contribution is -2.45. The van der Waals surface area contributed by atoms with Gasteiger partial charge in [0.2, 0.25) is 0 Å². The van der Waals surface area contributed by atoms with Gasteiger partial charge < -0.3 is 10.6 Å². The van der Waals surface area contributed by atoms with Crippen LogP contribution in [0.4, 0.5) is 5.69 Å². The van der Waals surface area contributed by atoms with E-state index in [1.165, 1.54) is 22.1 Å². The van der Waals surface area contributed by atoms with E-state index < -0.39 is 0 Å². The largest absolute Gasteiger partial charge is 0.367 e. The van der Waals surface area contributed by atoms with Gasteiger partial charge in [0.1, 0.15) is 0 Å². The fourth-order valence-electron chi connectivity index (χ4n) is 2.87. The maximum atomic E-state index is 6.03. The van der Waals surface area contributed by atoms with Gasteiger partial charge in [-0.1, -0.05) is 12.1 Å². The van der Waals surface area contributed by atoms with Gasteiger partial charge in [-0.15, -0.1) is 0 Å². The molecule has 1 fully saturated rings. The van der Waals surface area contributed by atoms with Crippen molar-refractivity contribution in [2.24, 2.45) is 5.73 Å². The molecular formula is C12H15BrN2. The number of fused-ring (bicyclic) bond motifs is 3. The number of benzene rings is 1. The third kappa shape index (κ3) is 1.49. The Bertz CT molecular complexity index is 391. The van der Waals surface area contributed by atoms with Crippen LogP contribution in [-0.2, 0) is 6.42 Å². The number of piperidine rings is 1.